The monoisotopic (exact) mass is 419 g/mol. The van der Waals surface area contributed by atoms with Gasteiger partial charge in [-0.05, 0) is 60.5 Å². The smallest absolute Gasteiger partial charge is 0.344 e. The number of nitrogens with one attached hydrogen (secondary N) is 1. The molecule has 4 aromatic rings. The van der Waals surface area contributed by atoms with Gasteiger partial charge in [0, 0.05) is 16.1 Å². The number of carbonyl (C=O) groups is 1. The molecule has 0 saturated carbocycles. The Morgan fingerprint density at radius 3 is 2.70 bits per heavy atom. The molecule has 0 spiro atoms. The summed E-state index contributed by atoms with van der Waals surface area (Å²) in [5.41, 5.74) is 2.61. The molecule has 0 saturated heterocycles. The van der Waals surface area contributed by atoms with E-state index >= 15 is 0 Å². The molecule has 4 rings (SSSR count). The van der Waals surface area contributed by atoms with E-state index < -0.39 is 5.63 Å². The van der Waals surface area contributed by atoms with Gasteiger partial charge in [0.25, 0.3) is 5.91 Å². The molecule has 0 bridgehead atoms. The lowest BCUT2D eigenvalue weighted by molar-refractivity contribution is -0.118. The summed E-state index contributed by atoms with van der Waals surface area (Å²) in [6.45, 7) is 1.72. The van der Waals surface area contributed by atoms with Crippen molar-refractivity contribution in [2.45, 2.75) is 6.92 Å². The number of anilines is 1. The van der Waals surface area contributed by atoms with Crippen molar-refractivity contribution in [1.82, 2.24) is 0 Å². The lowest BCUT2D eigenvalue weighted by atomic mass is 10.1. The summed E-state index contributed by atoms with van der Waals surface area (Å²) in [5.74, 6) is 0.250. The van der Waals surface area contributed by atoms with Gasteiger partial charge in [-0.2, -0.15) is 0 Å². The third-order valence-corrected chi connectivity index (χ3v) is 5.02. The molecule has 0 atom stereocenters. The predicted octanol–water partition coefficient (Wildman–Crippen LogP) is 5.44. The Hall–Kier alpha value is -3.57. The van der Waals surface area contributed by atoms with Crippen LogP contribution in [0.3, 0.4) is 0 Å². The third-order valence-electron chi connectivity index (χ3n) is 4.60. The van der Waals surface area contributed by atoms with Crippen molar-refractivity contribution in [2.75, 3.05) is 11.9 Å². The van der Waals surface area contributed by atoms with E-state index in [4.69, 9.17) is 20.8 Å². The molecule has 30 heavy (non-hydrogen) atoms. The van der Waals surface area contributed by atoms with Crippen molar-refractivity contribution in [1.29, 1.82) is 0 Å². The average Bonchev–Trinajstić information content (AvgIpc) is 2.74. The van der Waals surface area contributed by atoms with Crippen LogP contribution in [0.2, 0.25) is 5.02 Å². The van der Waals surface area contributed by atoms with Gasteiger partial charge >= 0.3 is 5.63 Å². The summed E-state index contributed by atoms with van der Waals surface area (Å²) < 4.78 is 10.9. The lowest BCUT2D eigenvalue weighted by Crippen LogP contribution is -2.20. The van der Waals surface area contributed by atoms with E-state index in [-0.39, 0.29) is 12.5 Å². The maximum Gasteiger partial charge on any atom is 0.344 e. The van der Waals surface area contributed by atoms with E-state index in [1.165, 1.54) is 0 Å². The van der Waals surface area contributed by atoms with E-state index in [0.717, 1.165) is 10.9 Å². The first-order valence-corrected chi connectivity index (χ1v) is 9.69. The first-order valence-electron chi connectivity index (χ1n) is 9.32. The van der Waals surface area contributed by atoms with E-state index in [9.17, 15) is 9.59 Å². The Labute approximate surface area is 177 Å². The number of aryl methyl sites for hydroxylation is 1. The predicted molar refractivity (Wildman–Crippen MR) is 118 cm³/mol. The number of hydrogen-bond acceptors (Lipinski definition) is 4. The summed E-state index contributed by atoms with van der Waals surface area (Å²) in [7, 11) is 0. The van der Waals surface area contributed by atoms with E-state index in [1.54, 1.807) is 54.6 Å². The number of rotatable bonds is 5. The third kappa shape index (κ3) is 4.36. The standard InChI is InChI=1S/C24H18ClNO4/c1-15-11-19(9-10-21(15)25)29-14-23(27)26-18-7-4-6-16(12-18)20-13-17-5-2-3-8-22(17)30-24(20)28/h2-13H,14H2,1H3,(H,26,27). The molecular weight excluding hydrogens is 402 g/mol. The van der Waals surface area contributed by atoms with Crippen molar-refractivity contribution < 1.29 is 13.9 Å². The number of benzene rings is 3. The first-order chi connectivity index (χ1) is 14.5. The SMILES string of the molecule is Cc1cc(OCC(=O)Nc2cccc(-c3cc4ccccc4oc3=O)c2)ccc1Cl. The van der Waals surface area contributed by atoms with E-state index in [1.807, 2.05) is 25.1 Å². The Morgan fingerprint density at radius 1 is 1.03 bits per heavy atom. The van der Waals surface area contributed by atoms with Crippen LogP contribution in [-0.4, -0.2) is 12.5 Å². The van der Waals surface area contributed by atoms with Crippen LogP contribution in [-0.2, 0) is 4.79 Å². The second kappa shape index (κ2) is 8.43. The van der Waals surface area contributed by atoms with Crippen molar-refractivity contribution in [3.8, 4) is 16.9 Å². The van der Waals surface area contributed by atoms with Gasteiger partial charge in [-0.25, -0.2) is 4.79 Å². The quantitative estimate of drug-likeness (QED) is 0.437. The molecular formula is C24H18ClNO4. The van der Waals surface area contributed by atoms with Gasteiger partial charge in [0.05, 0.1) is 5.56 Å². The summed E-state index contributed by atoms with van der Waals surface area (Å²) in [4.78, 5) is 24.7. The number of carbonyl (C=O) groups excluding carboxylic acids is 1. The molecule has 3 aromatic carbocycles. The second-order valence-corrected chi connectivity index (χ2v) is 7.22. The molecule has 0 unspecified atom stereocenters. The molecule has 0 radical (unpaired) electrons. The number of ether oxygens (including phenoxy) is 1. The summed E-state index contributed by atoms with van der Waals surface area (Å²) >= 11 is 6.00. The minimum absolute atomic E-state index is 0.149. The van der Waals surface area contributed by atoms with Gasteiger partial charge in [0.1, 0.15) is 11.3 Å². The van der Waals surface area contributed by atoms with Crippen molar-refractivity contribution in [2.24, 2.45) is 0 Å². The zero-order valence-electron chi connectivity index (χ0n) is 16.1. The Balaban J connectivity index is 1.49. The highest BCUT2D eigenvalue weighted by Gasteiger charge is 2.10. The summed E-state index contributed by atoms with van der Waals surface area (Å²) in [6, 6.07) is 21.4. The van der Waals surface area contributed by atoms with Crippen molar-refractivity contribution >= 4 is 34.2 Å². The molecule has 1 heterocycles. The van der Waals surface area contributed by atoms with Crippen LogP contribution in [0.5, 0.6) is 5.75 Å². The number of halogens is 1. The van der Waals surface area contributed by atoms with Gasteiger partial charge < -0.3 is 14.5 Å². The van der Waals surface area contributed by atoms with Crippen LogP contribution in [0.1, 0.15) is 5.56 Å². The highest BCUT2D eigenvalue weighted by molar-refractivity contribution is 6.31. The highest BCUT2D eigenvalue weighted by atomic mass is 35.5. The van der Waals surface area contributed by atoms with Gasteiger partial charge in [-0.1, -0.05) is 41.9 Å². The molecule has 0 aliphatic heterocycles. The van der Waals surface area contributed by atoms with E-state index in [0.29, 0.717) is 33.2 Å². The Morgan fingerprint density at radius 2 is 1.87 bits per heavy atom. The van der Waals surface area contributed by atoms with Crippen LogP contribution in [0.15, 0.2) is 82.0 Å². The Bertz CT molecular complexity index is 1300. The largest absolute Gasteiger partial charge is 0.484 e. The minimum Gasteiger partial charge on any atom is -0.484 e. The van der Waals surface area contributed by atoms with Crippen LogP contribution in [0, 0.1) is 6.92 Å². The van der Waals surface area contributed by atoms with Gasteiger partial charge in [-0.15, -0.1) is 0 Å². The maximum absolute atomic E-state index is 12.4. The van der Waals surface area contributed by atoms with Crippen LogP contribution in [0.4, 0.5) is 5.69 Å². The number of para-hydroxylation sites is 1. The number of amides is 1. The second-order valence-electron chi connectivity index (χ2n) is 6.81. The molecule has 1 aromatic heterocycles. The fourth-order valence-corrected chi connectivity index (χ4v) is 3.20. The van der Waals surface area contributed by atoms with E-state index in [2.05, 4.69) is 5.32 Å². The molecule has 0 aliphatic carbocycles. The molecule has 1 amide bonds. The first kappa shape index (κ1) is 19.7. The molecule has 6 heteroatoms. The summed E-state index contributed by atoms with van der Waals surface area (Å²) in [6.07, 6.45) is 0. The molecule has 0 fully saturated rings. The average molecular weight is 420 g/mol. The molecule has 5 nitrogen and oxygen atoms in total. The van der Waals surface area contributed by atoms with Crippen molar-refractivity contribution in [3.05, 3.63) is 93.8 Å². The van der Waals surface area contributed by atoms with Crippen LogP contribution >= 0.6 is 11.6 Å². The molecule has 1 N–H and O–H groups in total. The van der Waals surface area contributed by atoms with Crippen LogP contribution in [0.25, 0.3) is 22.1 Å². The Kier molecular flexibility index (Phi) is 5.55. The maximum atomic E-state index is 12.4. The summed E-state index contributed by atoms with van der Waals surface area (Å²) in [5, 5.41) is 4.25. The number of hydrogen-bond donors (Lipinski definition) is 1. The topological polar surface area (TPSA) is 68.5 Å². The fraction of sp³-hybridized carbons (Fsp3) is 0.0833. The zero-order chi connectivity index (χ0) is 21.1. The van der Waals surface area contributed by atoms with Gasteiger partial charge in [0.15, 0.2) is 6.61 Å². The normalized spacial score (nSPS) is 10.7. The van der Waals surface area contributed by atoms with Crippen LogP contribution < -0.4 is 15.7 Å². The lowest BCUT2D eigenvalue weighted by Gasteiger charge is -2.10. The van der Waals surface area contributed by atoms with Crippen molar-refractivity contribution in [3.63, 3.8) is 0 Å². The fourth-order valence-electron chi connectivity index (χ4n) is 3.08. The molecule has 0 aliphatic rings. The van der Waals surface area contributed by atoms with Gasteiger partial charge in [-0.3, -0.25) is 4.79 Å². The minimum atomic E-state index is -0.432. The van der Waals surface area contributed by atoms with Gasteiger partial charge in [0.2, 0.25) is 0 Å². The highest BCUT2D eigenvalue weighted by Crippen LogP contribution is 2.24. The number of fused-ring (bicyclic) bond motifs is 1. The molecule has 150 valence electrons. The zero-order valence-corrected chi connectivity index (χ0v) is 16.9.